The van der Waals surface area contributed by atoms with Crippen LogP contribution in [0, 0.1) is 13.8 Å². The van der Waals surface area contributed by atoms with Crippen LogP contribution >= 0.6 is 0 Å². The Balaban J connectivity index is 1.61. The number of hydrogen-bond acceptors (Lipinski definition) is 4. The lowest BCUT2D eigenvalue weighted by molar-refractivity contribution is 0.258. The maximum absolute atomic E-state index is 12.6. The van der Waals surface area contributed by atoms with Crippen LogP contribution in [0.3, 0.4) is 0 Å². The molecule has 1 heterocycles. The summed E-state index contributed by atoms with van der Waals surface area (Å²) >= 11 is 0. The summed E-state index contributed by atoms with van der Waals surface area (Å²) in [6.07, 6.45) is 1.01. The lowest BCUT2D eigenvalue weighted by Gasteiger charge is -2.28. The van der Waals surface area contributed by atoms with Crippen LogP contribution in [0.5, 0.6) is 5.75 Å². The van der Waals surface area contributed by atoms with Crippen molar-refractivity contribution >= 4 is 10.0 Å². The molecule has 0 atom stereocenters. The summed E-state index contributed by atoms with van der Waals surface area (Å²) in [6.45, 7) is 6.64. The second-order valence-electron chi connectivity index (χ2n) is 6.78. The number of hydrogen-bond donors (Lipinski definition) is 1. The molecule has 0 aliphatic carbocycles. The lowest BCUT2D eigenvalue weighted by atomic mass is 10.0. The number of ether oxygens (including phenoxy) is 1. The third-order valence-corrected chi connectivity index (χ3v) is 6.32. The number of methoxy groups -OCH3 is 1. The van der Waals surface area contributed by atoms with E-state index in [1.807, 2.05) is 13.8 Å². The molecule has 0 saturated carbocycles. The fourth-order valence-electron chi connectivity index (χ4n) is 3.55. The van der Waals surface area contributed by atoms with E-state index in [2.05, 4.69) is 33.9 Å². The van der Waals surface area contributed by atoms with Crippen molar-refractivity contribution in [1.82, 2.24) is 9.62 Å². The van der Waals surface area contributed by atoms with Gasteiger partial charge in [0.1, 0.15) is 5.75 Å². The molecule has 0 bridgehead atoms. The summed E-state index contributed by atoms with van der Waals surface area (Å²) in [5, 5.41) is 0. The van der Waals surface area contributed by atoms with Crippen LogP contribution in [0.25, 0.3) is 0 Å². The Morgan fingerprint density at radius 3 is 2.42 bits per heavy atom. The van der Waals surface area contributed by atoms with E-state index in [1.165, 1.54) is 11.1 Å². The molecule has 2 aromatic carbocycles. The average Bonchev–Trinajstić information content (AvgIpc) is 2.61. The van der Waals surface area contributed by atoms with Gasteiger partial charge in [-0.3, -0.25) is 4.90 Å². The summed E-state index contributed by atoms with van der Waals surface area (Å²) in [7, 11) is -1.93. The minimum Gasteiger partial charge on any atom is -0.496 e. The third kappa shape index (κ3) is 4.09. The van der Waals surface area contributed by atoms with E-state index in [-0.39, 0.29) is 4.90 Å². The van der Waals surface area contributed by atoms with E-state index in [0.717, 1.165) is 36.4 Å². The zero-order chi connectivity index (χ0) is 18.7. The molecule has 0 unspecified atom stereocenters. The van der Waals surface area contributed by atoms with Crippen molar-refractivity contribution in [3.63, 3.8) is 0 Å². The van der Waals surface area contributed by atoms with Crippen molar-refractivity contribution in [3.05, 3.63) is 58.7 Å². The van der Waals surface area contributed by atoms with Crippen LogP contribution < -0.4 is 9.46 Å². The fraction of sp³-hybridized carbons (Fsp3) is 0.400. The molecule has 140 valence electrons. The van der Waals surface area contributed by atoms with Crippen molar-refractivity contribution < 1.29 is 13.2 Å². The van der Waals surface area contributed by atoms with Gasteiger partial charge in [0.2, 0.25) is 10.0 Å². The van der Waals surface area contributed by atoms with E-state index >= 15 is 0 Å². The first-order chi connectivity index (χ1) is 12.4. The molecule has 26 heavy (non-hydrogen) atoms. The summed E-state index contributed by atoms with van der Waals surface area (Å²) in [5.74, 6) is 0.732. The molecule has 0 fully saturated rings. The second-order valence-corrected chi connectivity index (χ2v) is 8.55. The second kappa shape index (κ2) is 7.78. The van der Waals surface area contributed by atoms with Gasteiger partial charge in [-0.25, -0.2) is 13.1 Å². The van der Waals surface area contributed by atoms with Crippen molar-refractivity contribution in [2.75, 3.05) is 26.7 Å². The largest absolute Gasteiger partial charge is 0.496 e. The first-order valence-electron chi connectivity index (χ1n) is 8.85. The average molecular weight is 375 g/mol. The highest BCUT2D eigenvalue weighted by Crippen LogP contribution is 2.26. The number of nitrogens with one attached hydrogen (secondary N) is 1. The maximum Gasteiger partial charge on any atom is 0.240 e. The van der Waals surface area contributed by atoms with E-state index < -0.39 is 10.0 Å². The van der Waals surface area contributed by atoms with Crippen molar-refractivity contribution in [1.29, 1.82) is 0 Å². The molecule has 0 saturated heterocycles. The highest BCUT2D eigenvalue weighted by molar-refractivity contribution is 7.89. The molecule has 1 N–H and O–H groups in total. The Hall–Kier alpha value is -1.89. The van der Waals surface area contributed by atoms with Crippen LogP contribution in [-0.4, -0.2) is 40.1 Å². The highest BCUT2D eigenvalue weighted by Gasteiger charge is 2.19. The first kappa shape index (κ1) is 18.9. The number of benzene rings is 2. The number of sulfonamides is 1. The van der Waals surface area contributed by atoms with E-state index in [0.29, 0.717) is 13.1 Å². The van der Waals surface area contributed by atoms with E-state index in [9.17, 15) is 8.42 Å². The standard InChI is InChI=1S/C20H26N2O3S/c1-15-12-19(13-16(2)20(15)25-3)26(23,24)21-9-11-22-10-8-17-6-4-5-7-18(17)14-22/h4-7,12-13,21H,8-11,14H2,1-3H3. The summed E-state index contributed by atoms with van der Waals surface area (Å²) < 4.78 is 33.3. The number of rotatable bonds is 6. The molecule has 6 heteroatoms. The van der Waals surface area contributed by atoms with Crippen LogP contribution in [0.4, 0.5) is 0 Å². The quantitative estimate of drug-likeness (QED) is 0.845. The minimum absolute atomic E-state index is 0.289. The van der Waals surface area contributed by atoms with Gasteiger partial charge in [-0.15, -0.1) is 0 Å². The molecule has 0 spiro atoms. The zero-order valence-electron chi connectivity index (χ0n) is 15.6. The topological polar surface area (TPSA) is 58.6 Å². The molecule has 3 rings (SSSR count). The molecule has 0 amide bonds. The highest BCUT2D eigenvalue weighted by atomic mass is 32.2. The van der Waals surface area contributed by atoms with Crippen LogP contribution in [0.15, 0.2) is 41.3 Å². The SMILES string of the molecule is COc1c(C)cc(S(=O)(=O)NCCN2CCc3ccccc3C2)cc1C. The molecular weight excluding hydrogens is 348 g/mol. The molecule has 5 nitrogen and oxygen atoms in total. The van der Waals surface area contributed by atoms with Crippen molar-refractivity contribution in [3.8, 4) is 5.75 Å². The Morgan fingerprint density at radius 1 is 1.12 bits per heavy atom. The van der Waals surface area contributed by atoms with Gasteiger partial charge < -0.3 is 4.74 Å². The normalized spacial score (nSPS) is 14.9. The number of aryl methyl sites for hydroxylation is 2. The Bertz CT molecular complexity index is 871. The molecule has 1 aliphatic rings. The monoisotopic (exact) mass is 374 g/mol. The van der Waals surface area contributed by atoms with Gasteiger partial charge in [-0.2, -0.15) is 0 Å². The van der Waals surface area contributed by atoms with E-state index in [4.69, 9.17) is 4.74 Å². The number of fused-ring (bicyclic) bond motifs is 1. The predicted molar refractivity (Wildman–Crippen MR) is 103 cm³/mol. The zero-order valence-corrected chi connectivity index (χ0v) is 16.4. The van der Waals surface area contributed by atoms with Gasteiger partial charge in [-0.05, 0) is 54.7 Å². The molecule has 1 aliphatic heterocycles. The summed E-state index contributed by atoms with van der Waals surface area (Å²) in [5.41, 5.74) is 4.37. The van der Waals surface area contributed by atoms with Crippen LogP contribution in [0.1, 0.15) is 22.3 Å². The number of nitrogens with zero attached hydrogens (tertiary/aromatic N) is 1. The van der Waals surface area contributed by atoms with Gasteiger partial charge in [0.25, 0.3) is 0 Å². The van der Waals surface area contributed by atoms with Crippen LogP contribution in [0.2, 0.25) is 0 Å². The van der Waals surface area contributed by atoms with Crippen LogP contribution in [-0.2, 0) is 23.0 Å². The third-order valence-electron chi connectivity index (χ3n) is 4.88. The van der Waals surface area contributed by atoms with E-state index in [1.54, 1.807) is 19.2 Å². The smallest absolute Gasteiger partial charge is 0.240 e. The predicted octanol–water partition coefficient (Wildman–Crippen LogP) is 2.65. The minimum atomic E-state index is -3.52. The Morgan fingerprint density at radius 2 is 1.77 bits per heavy atom. The van der Waals surface area contributed by atoms with Crippen molar-refractivity contribution in [2.24, 2.45) is 0 Å². The van der Waals surface area contributed by atoms with Gasteiger partial charge in [0.15, 0.2) is 0 Å². The van der Waals surface area contributed by atoms with Gasteiger partial charge in [0, 0.05) is 26.2 Å². The lowest BCUT2D eigenvalue weighted by Crippen LogP contribution is -2.37. The van der Waals surface area contributed by atoms with Gasteiger partial charge in [-0.1, -0.05) is 24.3 Å². The van der Waals surface area contributed by atoms with Gasteiger partial charge in [0.05, 0.1) is 12.0 Å². The first-order valence-corrected chi connectivity index (χ1v) is 10.3. The summed E-state index contributed by atoms with van der Waals surface area (Å²) in [6, 6.07) is 11.8. The molecule has 0 radical (unpaired) electrons. The summed E-state index contributed by atoms with van der Waals surface area (Å²) in [4.78, 5) is 2.58. The Kier molecular flexibility index (Phi) is 5.65. The molecule has 2 aromatic rings. The molecular formula is C20H26N2O3S. The maximum atomic E-state index is 12.6. The Labute approximate surface area is 156 Å². The van der Waals surface area contributed by atoms with Gasteiger partial charge >= 0.3 is 0 Å². The van der Waals surface area contributed by atoms with Crippen molar-refractivity contribution in [2.45, 2.75) is 31.7 Å². The molecule has 0 aromatic heterocycles. The fourth-order valence-corrected chi connectivity index (χ4v) is 4.74.